The number of nitrogens with zero attached hydrogens (tertiary/aromatic N) is 3. The average molecular weight is 374 g/mol. The summed E-state index contributed by atoms with van der Waals surface area (Å²) in [5, 5.41) is 1.23. The van der Waals surface area contributed by atoms with Gasteiger partial charge in [0, 0.05) is 57.4 Å². The SMILES string of the molecule is O=C(CCn1ccc2ccccc21)N1CCN(C/C=C/c2ccccc2)CC1. The van der Waals surface area contributed by atoms with Gasteiger partial charge in [0.2, 0.25) is 5.91 Å². The second kappa shape index (κ2) is 8.89. The molecule has 2 heterocycles. The molecule has 1 saturated heterocycles. The molecule has 2 aromatic carbocycles. The van der Waals surface area contributed by atoms with E-state index in [2.05, 4.69) is 70.3 Å². The van der Waals surface area contributed by atoms with E-state index in [9.17, 15) is 4.79 Å². The molecule has 0 N–H and O–H groups in total. The van der Waals surface area contributed by atoms with Gasteiger partial charge in [-0.05, 0) is 23.1 Å². The molecule has 28 heavy (non-hydrogen) atoms. The van der Waals surface area contributed by atoms with Crippen LogP contribution < -0.4 is 0 Å². The van der Waals surface area contributed by atoms with Gasteiger partial charge in [-0.25, -0.2) is 0 Å². The molecule has 0 bridgehead atoms. The van der Waals surface area contributed by atoms with Gasteiger partial charge in [0.1, 0.15) is 0 Å². The molecule has 0 saturated carbocycles. The van der Waals surface area contributed by atoms with Gasteiger partial charge in [-0.1, -0.05) is 60.7 Å². The van der Waals surface area contributed by atoms with Gasteiger partial charge in [0.15, 0.2) is 0 Å². The van der Waals surface area contributed by atoms with E-state index in [1.165, 1.54) is 16.5 Å². The molecular formula is C24H27N3O. The number of carbonyl (C=O) groups excluding carboxylic acids is 1. The van der Waals surface area contributed by atoms with Crippen molar-refractivity contribution in [3.05, 3.63) is 78.5 Å². The Morgan fingerprint density at radius 2 is 1.64 bits per heavy atom. The second-order valence-corrected chi connectivity index (χ2v) is 7.31. The number of benzene rings is 2. The Morgan fingerprint density at radius 1 is 0.893 bits per heavy atom. The molecule has 4 rings (SSSR count). The van der Waals surface area contributed by atoms with Crippen LogP contribution in [0.1, 0.15) is 12.0 Å². The lowest BCUT2D eigenvalue weighted by Gasteiger charge is -2.34. The summed E-state index contributed by atoms with van der Waals surface area (Å²) in [5.41, 5.74) is 2.43. The van der Waals surface area contributed by atoms with Crippen molar-refractivity contribution in [3.63, 3.8) is 0 Å². The number of fused-ring (bicyclic) bond motifs is 1. The molecular weight excluding hydrogens is 346 g/mol. The highest BCUT2D eigenvalue weighted by atomic mass is 16.2. The maximum Gasteiger partial charge on any atom is 0.224 e. The Balaban J connectivity index is 1.22. The Kier molecular flexibility index (Phi) is 5.88. The normalized spacial score (nSPS) is 15.5. The molecule has 1 fully saturated rings. The van der Waals surface area contributed by atoms with Gasteiger partial charge < -0.3 is 9.47 Å². The van der Waals surface area contributed by atoms with E-state index in [-0.39, 0.29) is 5.91 Å². The van der Waals surface area contributed by atoms with Crippen LogP contribution in [-0.4, -0.2) is 53.0 Å². The number of carbonyl (C=O) groups is 1. The number of para-hydroxylation sites is 1. The summed E-state index contributed by atoms with van der Waals surface area (Å²) >= 11 is 0. The Hall–Kier alpha value is -2.85. The summed E-state index contributed by atoms with van der Waals surface area (Å²) in [6.45, 7) is 5.21. The minimum absolute atomic E-state index is 0.261. The third kappa shape index (κ3) is 4.52. The smallest absolute Gasteiger partial charge is 0.224 e. The number of aryl methyl sites for hydroxylation is 1. The number of piperazine rings is 1. The Labute approximate surface area is 166 Å². The lowest BCUT2D eigenvalue weighted by atomic mass is 10.2. The van der Waals surface area contributed by atoms with Gasteiger partial charge in [-0.3, -0.25) is 9.69 Å². The molecule has 4 nitrogen and oxygen atoms in total. The number of hydrogen-bond acceptors (Lipinski definition) is 2. The fourth-order valence-corrected chi connectivity index (χ4v) is 3.79. The summed E-state index contributed by atoms with van der Waals surface area (Å²) in [6.07, 6.45) is 7.02. The topological polar surface area (TPSA) is 28.5 Å². The third-order valence-corrected chi connectivity index (χ3v) is 5.45. The predicted molar refractivity (Wildman–Crippen MR) is 115 cm³/mol. The molecule has 0 spiro atoms. The zero-order chi connectivity index (χ0) is 19.2. The van der Waals surface area contributed by atoms with E-state index in [1.807, 2.05) is 23.1 Å². The van der Waals surface area contributed by atoms with E-state index < -0.39 is 0 Å². The van der Waals surface area contributed by atoms with Gasteiger partial charge >= 0.3 is 0 Å². The first kappa shape index (κ1) is 18.5. The van der Waals surface area contributed by atoms with E-state index in [0.717, 1.165) is 39.3 Å². The van der Waals surface area contributed by atoms with Gasteiger partial charge in [-0.15, -0.1) is 0 Å². The summed E-state index contributed by atoms with van der Waals surface area (Å²) in [4.78, 5) is 17.0. The first-order valence-corrected chi connectivity index (χ1v) is 10.1. The Bertz CT molecular complexity index is 937. The number of hydrogen-bond donors (Lipinski definition) is 0. The number of rotatable bonds is 6. The standard InChI is InChI=1S/C24H27N3O/c28-24(13-16-26-15-12-22-10-4-5-11-23(22)26)27-19-17-25(18-20-27)14-6-9-21-7-2-1-3-8-21/h1-12,15H,13-14,16-20H2/b9-6+. The zero-order valence-corrected chi connectivity index (χ0v) is 16.2. The Morgan fingerprint density at radius 3 is 2.46 bits per heavy atom. The fraction of sp³-hybridized carbons (Fsp3) is 0.292. The summed E-state index contributed by atoms with van der Waals surface area (Å²) < 4.78 is 2.18. The van der Waals surface area contributed by atoms with Crippen LogP contribution in [0.15, 0.2) is 72.9 Å². The van der Waals surface area contributed by atoms with Crippen molar-refractivity contribution in [2.45, 2.75) is 13.0 Å². The van der Waals surface area contributed by atoms with E-state index >= 15 is 0 Å². The molecule has 4 heteroatoms. The molecule has 0 atom stereocenters. The number of amides is 1. The van der Waals surface area contributed by atoms with Crippen molar-refractivity contribution in [1.29, 1.82) is 0 Å². The molecule has 144 valence electrons. The average Bonchev–Trinajstić information content (AvgIpc) is 3.16. The van der Waals surface area contributed by atoms with Crippen LogP contribution in [0.2, 0.25) is 0 Å². The molecule has 0 radical (unpaired) electrons. The summed E-state index contributed by atoms with van der Waals surface area (Å²) in [6, 6.07) is 20.8. The van der Waals surface area contributed by atoms with Crippen LogP contribution in [-0.2, 0) is 11.3 Å². The summed E-state index contributed by atoms with van der Waals surface area (Å²) in [5.74, 6) is 0.261. The first-order chi connectivity index (χ1) is 13.8. The van der Waals surface area contributed by atoms with E-state index in [4.69, 9.17) is 0 Å². The molecule has 0 aliphatic carbocycles. The van der Waals surface area contributed by atoms with Gasteiger partial charge in [0.25, 0.3) is 0 Å². The van der Waals surface area contributed by atoms with Crippen LogP contribution in [0.4, 0.5) is 0 Å². The highest BCUT2D eigenvalue weighted by molar-refractivity contribution is 5.80. The van der Waals surface area contributed by atoms with Crippen molar-refractivity contribution < 1.29 is 4.79 Å². The van der Waals surface area contributed by atoms with Crippen molar-refractivity contribution in [2.24, 2.45) is 0 Å². The highest BCUT2D eigenvalue weighted by Gasteiger charge is 2.20. The minimum Gasteiger partial charge on any atom is -0.347 e. The van der Waals surface area contributed by atoms with Crippen molar-refractivity contribution in [1.82, 2.24) is 14.4 Å². The van der Waals surface area contributed by atoms with Crippen LogP contribution in [0.5, 0.6) is 0 Å². The number of aromatic nitrogens is 1. The molecule has 1 aromatic heterocycles. The second-order valence-electron chi connectivity index (χ2n) is 7.31. The highest BCUT2D eigenvalue weighted by Crippen LogP contribution is 2.16. The van der Waals surface area contributed by atoms with Crippen molar-refractivity contribution >= 4 is 22.9 Å². The van der Waals surface area contributed by atoms with Crippen molar-refractivity contribution in [3.8, 4) is 0 Å². The van der Waals surface area contributed by atoms with Crippen LogP contribution in [0.25, 0.3) is 17.0 Å². The van der Waals surface area contributed by atoms with Crippen molar-refractivity contribution in [2.75, 3.05) is 32.7 Å². The van der Waals surface area contributed by atoms with E-state index in [1.54, 1.807) is 0 Å². The maximum atomic E-state index is 12.6. The predicted octanol–water partition coefficient (Wildman–Crippen LogP) is 3.89. The molecule has 1 aliphatic rings. The molecule has 3 aromatic rings. The van der Waals surface area contributed by atoms with Crippen LogP contribution in [0, 0.1) is 0 Å². The quantitative estimate of drug-likeness (QED) is 0.656. The zero-order valence-electron chi connectivity index (χ0n) is 16.2. The first-order valence-electron chi connectivity index (χ1n) is 10.1. The van der Waals surface area contributed by atoms with E-state index in [0.29, 0.717) is 6.42 Å². The van der Waals surface area contributed by atoms with Gasteiger partial charge in [-0.2, -0.15) is 0 Å². The lowest BCUT2D eigenvalue weighted by Crippen LogP contribution is -2.48. The lowest BCUT2D eigenvalue weighted by molar-refractivity contribution is -0.133. The van der Waals surface area contributed by atoms with Crippen LogP contribution in [0.3, 0.4) is 0 Å². The van der Waals surface area contributed by atoms with Crippen LogP contribution >= 0.6 is 0 Å². The largest absolute Gasteiger partial charge is 0.347 e. The monoisotopic (exact) mass is 373 g/mol. The molecule has 1 aliphatic heterocycles. The fourth-order valence-electron chi connectivity index (χ4n) is 3.79. The maximum absolute atomic E-state index is 12.6. The van der Waals surface area contributed by atoms with Gasteiger partial charge in [0.05, 0.1) is 0 Å². The summed E-state index contributed by atoms with van der Waals surface area (Å²) in [7, 11) is 0. The molecule has 0 unspecified atom stereocenters. The molecule has 1 amide bonds. The third-order valence-electron chi connectivity index (χ3n) is 5.45. The minimum atomic E-state index is 0.261.